The summed E-state index contributed by atoms with van der Waals surface area (Å²) in [4.78, 5) is 4.60. The molecule has 0 unspecified atom stereocenters. The van der Waals surface area contributed by atoms with Crippen LogP contribution >= 0.6 is 0 Å². The number of benzene rings is 8. The summed E-state index contributed by atoms with van der Waals surface area (Å²) in [6.07, 6.45) is 0. The third-order valence-corrected chi connectivity index (χ3v) is 9.04. The second-order valence-electron chi connectivity index (χ2n) is 12.6. The van der Waals surface area contributed by atoms with Crippen molar-refractivity contribution in [2.75, 3.05) is 20.4 Å². The molecule has 8 rings (SSSR count). The molecule has 4 nitrogen and oxygen atoms in total. The van der Waals surface area contributed by atoms with Crippen LogP contribution in [-0.4, -0.2) is 0 Å². The van der Waals surface area contributed by atoms with E-state index in [1.54, 1.807) is 0 Å². The maximum absolute atomic E-state index is 3.61. The lowest BCUT2D eigenvalue weighted by Gasteiger charge is -2.27. The molecule has 0 aromatic heterocycles. The maximum atomic E-state index is 3.61. The highest BCUT2D eigenvalue weighted by Crippen LogP contribution is 2.40. The zero-order chi connectivity index (χ0) is 34.4. The zero-order valence-electron chi connectivity index (χ0n) is 28.4. The SMILES string of the molecule is Cc1ccc(Nc2ccc(N(c3ccc(Nc4ccc(N(c5ccccc5)c5ccccc5)cc4)cc3)c3cccc4ccccc34)cc2)cc1. The molecule has 0 amide bonds. The predicted octanol–water partition coefficient (Wildman–Crippen LogP) is 13.6. The first-order chi connectivity index (χ1) is 25.2. The minimum Gasteiger partial charge on any atom is -0.356 e. The Morgan fingerprint density at radius 3 is 1.18 bits per heavy atom. The zero-order valence-corrected chi connectivity index (χ0v) is 28.4. The first-order valence-electron chi connectivity index (χ1n) is 17.3. The van der Waals surface area contributed by atoms with Crippen molar-refractivity contribution in [3.05, 3.63) is 206 Å². The molecule has 0 aliphatic rings. The van der Waals surface area contributed by atoms with E-state index >= 15 is 0 Å². The molecule has 51 heavy (non-hydrogen) atoms. The van der Waals surface area contributed by atoms with Gasteiger partial charge < -0.3 is 20.4 Å². The number of aryl methyl sites for hydroxylation is 1. The van der Waals surface area contributed by atoms with E-state index in [4.69, 9.17) is 0 Å². The average Bonchev–Trinajstić information content (AvgIpc) is 3.19. The molecule has 0 saturated carbocycles. The summed E-state index contributed by atoms with van der Waals surface area (Å²) in [5.41, 5.74) is 12.0. The van der Waals surface area contributed by atoms with Crippen molar-refractivity contribution < 1.29 is 0 Å². The lowest BCUT2D eigenvalue weighted by molar-refractivity contribution is 1.28. The quantitative estimate of drug-likeness (QED) is 0.153. The normalized spacial score (nSPS) is 10.8. The van der Waals surface area contributed by atoms with Gasteiger partial charge in [-0.25, -0.2) is 0 Å². The van der Waals surface area contributed by atoms with Crippen LogP contribution in [0.5, 0.6) is 0 Å². The highest BCUT2D eigenvalue weighted by atomic mass is 15.1. The Balaban J connectivity index is 1.07. The van der Waals surface area contributed by atoms with Crippen LogP contribution in [0.4, 0.5) is 56.9 Å². The summed E-state index contributed by atoms with van der Waals surface area (Å²) in [6.45, 7) is 2.10. The molecule has 0 bridgehead atoms. The van der Waals surface area contributed by atoms with Gasteiger partial charge in [-0.05, 0) is 128 Å². The Hall–Kier alpha value is -6.78. The number of hydrogen-bond donors (Lipinski definition) is 2. The molecular formula is C47H38N4. The third-order valence-electron chi connectivity index (χ3n) is 9.04. The smallest absolute Gasteiger partial charge is 0.0540 e. The molecule has 8 aromatic carbocycles. The predicted molar refractivity (Wildman–Crippen MR) is 218 cm³/mol. The summed E-state index contributed by atoms with van der Waals surface area (Å²) in [5.74, 6) is 0. The van der Waals surface area contributed by atoms with Crippen LogP contribution in [0.25, 0.3) is 10.8 Å². The Morgan fingerprint density at radius 1 is 0.314 bits per heavy atom. The van der Waals surface area contributed by atoms with Crippen molar-refractivity contribution in [2.45, 2.75) is 6.92 Å². The Morgan fingerprint density at radius 2 is 0.686 bits per heavy atom. The van der Waals surface area contributed by atoms with Gasteiger partial charge in [-0.1, -0.05) is 90.5 Å². The second-order valence-corrected chi connectivity index (χ2v) is 12.6. The Kier molecular flexibility index (Phi) is 8.87. The second kappa shape index (κ2) is 14.4. The van der Waals surface area contributed by atoms with Gasteiger partial charge >= 0.3 is 0 Å². The Labute approximate surface area is 299 Å². The lowest BCUT2D eigenvalue weighted by Crippen LogP contribution is -2.10. The summed E-state index contributed by atoms with van der Waals surface area (Å²) in [6, 6.07) is 70.4. The van der Waals surface area contributed by atoms with Gasteiger partial charge in [-0.3, -0.25) is 0 Å². The van der Waals surface area contributed by atoms with E-state index < -0.39 is 0 Å². The molecule has 0 heterocycles. The minimum atomic E-state index is 1.02. The standard InChI is InChI=1S/C47H38N4/c1-35-19-21-37(22-20-35)48-39-25-31-44(32-26-39)51(47-18-10-12-36-11-8-9-17-46(36)47)45-33-27-40(28-34-45)49-38-23-29-43(30-24-38)50(41-13-4-2-5-14-41)42-15-6-3-7-16-42/h2-34,48-49H,1H3. The van der Waals surface area contributed by atoms with Gasteiger partial charge in [-0.2, -0.15) is 0 Å². The van der Waals surface area contributed by atoms with Gasteiger partial charge in [0.2, 0.25) is 0 Å². The number of rotatable bonds is 10. The molecule has 2 N–H and O–H groups in total. The maximum Gasteiger partial charge on any atom is 0.0540 e. The highest BCUT2D eigenvalue weighted by molar-refractivity contribution is 5.99. The van der Waals surface area contributed by atoms with Gasteiger partial charge in [0, 0.05) is 56.6 Å². The Bertz CT molecular complexity index is 2290. The van der Waals surface area contributed by atoms with Gasteiger partial charge in [0.15, 0.2) is 0 Å². The molecule has 4 heteroatoms. The van der Waals surface area contributed by atoms with Crippen LogP contribution < -0.4 is 20.4 Å². The number of para-hydroxylation sites is 2. The van der Waals surface area contributed by atoms with E-state index in [2.05, 4.69) is 215 Å². The number of nitrogens with zero attached hydrogens (tertiary/aromatic N) is 2. The van der Waals surface area contributed by atoms with Gasteiger partial charge in [-0.15, -0.1) is 0 Å². The largest absolute Gasteiger partial charge is 0.356 e. The van der Waals surface area contributed by atoms with Crippen molar-refractivity contribution in [1.29, 1.82) is 0 Å². The molecule has 8 aromatic rings. The van der Waals surface area contributed by atoms with E-state index in [0.29, 0.717) is 0 Å². The number of hydrogen-bond acceptors (Lipinski definition) is 4. The lowest BCUT2D eigenvalue weighted by atomic mass is 10.1. The molecular weight excluding hydrogens is 621 g/mol. The summed E-state index contributed by atoms with van der Waals surface area (Å²) >= 11 is 0. The molecule has 0 radical (unpaired) electrons. The molecule has 0 aliphatic heterocycles. The van der Waals surface area contributed by atoms with E-state index in [0.717, 1.165) is 56.9 Å². The fourth-order valence-corrected chi connectivity index (χ4v) is 6.48. The van der Waals surface area contributed by atoms with Gasteiger partial charge in [0.05, 0.1) is 5.69 Å². The highest BCUT2D eigenvalue weighted by Gasteiger charge is 2.16. The van der Waals surface area contributed by atoms with Gasteiger partial charge in [0.25, 0.3) is 0 Å². The number of nitrogens with one attached hydrogen (secondary N) is 2. The third kappa shape index (κ3) is 7.03. The van der Waals surface area contributed by atoms with Crippen molar-refractivity contribution >= 4 is 67.6 Å². The van der Waals surface area contributed by atoms with Crippen LogP contribution in [0.3, 0.4) is 0 Å². The average molecular weight is 659 g/mol. The fourth-order valence-electron chi connectivity index (χ4n) is 6.48. The van der Waals surface area contributed by atoms with E-state index in [-0.39, 0.29) is 0 Å². The summed E-state index contributed by atoms with van der Waals surface area (Å²) in [5, 5.41) is 9.55. The van der Waals surface area contributed by atoms with Crippen LogP contribution in [0.2, 0.25) is 0 Å². The molecule has 0 atom stereocenters. The fraction of sp³-hybridized carbons (Fsp3) is 0.0213. The van der Waals surface area contributed by atoms with E-state index in [9.17, 15) is 0 Å². The first-order valence-corrected chi connectivity index (χ1v) is 17.3. The molecule has 0 saturated heterocycles. The van der Waals surface area contributed by atoms with E-state index in [1.165, 1.54) is 16.3 Å². The molecule has 0 fully saturated rings. The van der Waals surface area contributed by atoms with Crippen LogP contribution in [0.1, 0.15) is 5.56 Å². The number of fused-ring (bicyclic) bond motifs is 1. The van der Waals surface area contributed by atoms with Crippen LogP contribution in [0.15, 0.2) is 200 Å². The van der Waals surface area contributed by atoms with Crippen LogP contribution in [-0.2, 0) is 0 Å². The van der Waals surface area contributed by atoms with Crippen molar-refractivity contribution in [3.8, 4) is 0 Å². The summed E-state index contributed by atoms with van der Waals surface area (Å²) in [7, 11) is 0. The van der Waals surface area contributed by atoms with Crippen molar-refractivity contribution in [3.63, 3.8) is 0 Å². The molecule has 0 spiro atoms. The van der Waals surface area contributed by atoms with Crippen molar-refractivity contribution in [1.82, 2.24) is 0 Å². The van der Waals surface area contributed by atoms with E-state index in [1.807, 2.05) is 12.1 Å². The molecule has 0 aliphatic carbocycles. The minimum absolute atomic E-state index is 1.02. The topological polar surface area (TPSA) is 30.5 Å². The monoisotopic (exact) mass is 658 g/mol. The van der Waals surface area contributed by atoms with Crippen LogP contribution in [0, 0.1) is 6.92 Å². The summed E-state index contributed by atoms with van der Waals surface area (Å²) < 4.78 is 0. The number of anilines is 10. The molecule has 246 valence electrons. The van der Waals surface area contributed by atoms with Gasteiger partial charge in [0.1, 0.15) is 0 Å². The first kappa shape index (κ1) is 31.5. The van der Waals surface area contributed by atoms with Crippen molar-refractivity contribution in [2.24, 2.45) is 0 Å².